The molecule has 1 aliphatic heterocycles. The molecule has 0 unspecified atom stereocenters. The summed E-state index contributed by atoms with van der Waals surface area (Å²) < 4.78 is 7.53. The van der Waals surface area contributed by atoms with E-state index in [9.17, 15) is 4.79 Å². The summed E-state index contributed by atoms with van der Waals surface area (Å²) >= 11 is 1.66. The Hall–Kier alpha value is -3.62. The Bertz CT molecular complexity index is 1540. The first-order chi connectivity index (χ1) is 17.1. The largest absolute Gasteiger partial charge is 0.381 e. The molecule has 7 nitrogen and oxygen atoms in total. The van der Waals surface area contributed by atoms with Gasteiger partial charge in [-0.25, -0.2) is 0 Å². The molecule has 6 rings (SSSR count). The van der Waals surface area contributed by atoms with Gasteiger partial charge in [-0.1, -0.05) is 30.0 Å². The van der Waals surface area contributed by atoms with Gasteiger partial charge < -0.3 is 4.74 Å². The number of fused-ring (bicyclic) bond motifs is 3. The predicted molar refractivity (Wildman–Crippen MR) is 134 cm³/mol. The minimum atomic E-state index is -0.457. The standard InChI is InChI=1S/C27H23N5O2S/c1-18(33)27(10-13-34-14-11-27)19-5-4-6-20(15-19)35-21-8-9-24-23(16-21)29-17-25-30-31-26(32(24)25)22-7-2-3-12-28-22/h2-9,12,15-17H,10-11,13-14H2,1H3. The normalized spacial score (nSPS) is 15.5. The van der Waals surface area contributed by atoms with Crippen molar-refractivity contribution < 1.29 is 9.53 Å². The van der Waals surface area contributed by atoms with E-state index in [4.69, 9.17) is 4.74 Å². The van der Waals surface area contributed by atoms with Gasteiger partial charge in [-0.15, -0.1) is 10.2 Å². The van der Waals surface area contributed by atoms with Crippen LogP contribution in [0.5, 0.6) is 0 Å². The maximum Gasteiger partial charge on any atom is 0.187 e. The minimum absolute atomic E-state index is 0.208. The molecule has 1 fully saturated rings. The second kappa shape index (κ2) is 8.87. The molecule has 5 aromatic rings. The van der Waals surface area contributed by atoms with Crippen LogP contribution in [-0.4, -0.2) is 43.6 Å². The third-order valence-electron chi connectivity index (χ3n) is 6.73. The molecule has 8 heteroatoms. The van der Waals surface area contributed by atoms with E-state index in [0.717, 1.165) is 44.9 Å². The molecule has 1 aliphatic rings. The molecule has 174 valence electrons. The molecular formula is C27H23N5O2S. The summed E-state index contributed by atoms with van der Waals surface area (Å²) in [5, 5.41) is 8.63. The molecule has 0 bridgehead atoms. The highest BCUT2D eigenvalue weighted by molar-refractivity contribution is 7.99. The third-order valence-corrected chi connectivity index (χ3v) is 7.71. The molecule has 3 aromatic heterocycles. The summed E-state index contributed by atoms with van der Waals surface area (Å²) in [4.78, 5) is 23.9. The van der Waals surface area contributed by atoms with Crippen LogP contribution in [0.4, 0.5) is 0 Å². The average molecular weight is 482 g/mol. The third kappa shape index (κ3) is 3.88. The number of benzene rings is 2. The van der Waals surface area contributed by atoms with E-state index < -0.39 is 5.41 Å². The van der Waals surface area contributed by atoms with E-state index in [-0.39, 0.29) is 5.78 Å². The molecule has 0 spiro atoms. The van der Waals surface area contributed by atoms with Gasteiger partial charge in [0, 0.05) is 29.2 Å². The summed E-state index contributed by atoms with van der Waals surface area (Å²) in [6.07, 6.45) is 4.94. The van der Waals surface area contributed by atoms with Crippen molar-refractivity contribution in [1.82, 2.24) is 24.6 Å². The molecule has 0 aliphatic carbocycles. The summed E-state index contributed by atoms with van der Waals surface area (Å²) in [6.45, 7) is 2.93. The van der Waals surface area contributed by atoms with Crippen molar-refractivity contribution in [2.75, 3.05) is 13.2 Å². The second-order valence-corrected chi connectivity index (χ2v) is 9.87. The number of ketones is 1. The van der Waals surface area contributed by atoms with Crippen molar-refractivity contribution >= 4 is 34.2 Å². The lowest BCUT2D eigenvalue weighted by Gasteiger charge is -2.35. The predicted octanol–water partition coefficient (Wildman–Crippen LogP) is 5.13. The van der Waals surface area contributed by atoms with Crippen LogP contribution < -0.4 is 0 Å². The van der Waals surface area contributed by atoms with Gasteiger partial charge in [0.15, 0.2) is 11.5 Å². The number of hydrogen-bond donors (Lipinski definition) is 0. The number of nitrogens with zero attached hydrogens (tertiary/aromatic N) is 5. The Labute approximate surface area is 206 Å². The Morgan fingerprint density at radius 3 is 2.63 bits per heavy atom. The number of aromatic nitrogens is 5. The van der Waals surface area contributed by atoms with Crippen LogP contribution in [0, 0.1) is 0 Å². The van der Waals surface area contributed by atoms with E-state index in [2.05, 4.69) is 50.5 Å². The summed E-state index contributed by atoms with van der Waals surface area (Å²) in [5.41, 5.74) is 3.82. The van der Waals surface area contributed by atoms with Crippen molar-refractivity contribution in [3.63, 3.8) is 0 Å². The average Bonchev–Trinajstić information content (AvgIpc) is 3.34. The quantitative estimate of drug-likeness (QED) is 0.344. The monoisotopic (exact) mass is 481 g/mol. The van der Waals surface area contributed by atoms with Crippen LogP contribution in [0.25, 0.3) is 28.2 Å². The molecule has 0 atom stereocenters. The van der Waals surface area contributed by atoms with Crippen LogP contribution in [0.1, 0.15) is 25.3 Å². The first-order valence-electron chi connectivity index (χ1n) is 11.6. The van der Waals surface area contributed by atoms with Gasteiger partial charge in [-0.2, -0.15) is 0 Å². The van der Waals surface area contributed by atoms with Gasteiger partial charge in [-0.3, -0.25) is 19.2 Å². The van der Waals surface area contributed by atoms with Gasteiger partial charge in [0.1, 0.15) is 11.5 Å². The lowest BCUT2D eigenvalue weighted by atomic mass is 9.71. The molecule has 0 radical (unpaired) electrons. The van der Waals surface area contributed by atoms with Crippen LogP contribution in [0.2, 0.25) is 0 Å². The lowest BCUT2D eigenvalue weighted by Crippen LogP contribution is -2.40. The first kappa shape index (κ1) is 21.9. The fourth-order valence-electron chi connectivity index (χ4n) is 4.82. The molecular weight excluding hydrogens is 458 g/mol. The maximum atomic E-state index is 12.7. The van der Waals surface area contributed by atoms with E-state index in [1.54, 1.807) is 31.1 Å². The maximum absolute atomic E-state index is 12.7. The number of Topliss-reactive ketones (excluding diaryl/α,β-unsaturated/α-hetero) is 1. The topological polar surface area (TPSA) is 82.3 Å². The number of rotatable bonds is 5. The van der Waals surface area contributed by atoms with Crippen molar-refractivity contribution in [1.29, 1.82) is 0 Å². The van der Waals surface area contributed by atoms with Crippen molar-refractivity contribution in [2.24, 2.45) is 0 Å². The fourth-order valence-corrected chi connectivity index (χ4v) is 5.73. The zero-order chi connectivity index (χ0) is 23.8. The molecule has 0 saturated carbocycles. The first-order valence-corrected chi connectivity index (χ1v) is 12.4. The smallest absolute Gasteiger partial charge is 0.187 e. The van der Waals surface area contributed by atoms with E-state index >= 15 is 0 Å². The fraction of sp³-hybridized carbons (Fsp3) is 0.222. The SMILES string of the molecule is CC(=O)C1(c2cccc(Sc3ccc4c(c3)ncc3nnc(-c5ccccn5)n34)c2)CCOCC1. The summed E-state index contributed by atoms with van der Waals surface area (Å²) in [6, 6.07) is 20.3. The zero-order valence-electron chi connectivity index (χ0n) is 19.2. The zero-order valence-corrected chi connectivity index (χ0v) is 20.0. The lowest BCUT2D eigenvalue weighted by molar-refractivity contribution is -0.126. The molecule has 1 saturated heterocycles. The van der Waals surface area contributed by atoms with Gasteiger partial charge in [0.2, 0.25) is 0 Å². The van der Waals surface area contributed by atoms with Crippen molar-refractivity contribution in [2.45, 2.75) is 35.0 Å². The minimum Gasteiger partial charge on any atom is -0.381 e. The highest BCUT2D eigenvalue weighted by atomic mass is 32.2. The van der Waals surface area contributed by atoms with E-state index in [1.165, 1.54) is 0 Å². The van der Waals surface area contributed by atoms with Gasteiger partial charge >= 0.3 is 0 Å². The summed E-state index contributed by atoms with van der Waals surface area (Å²) in [5.74, 6) is 0.895. The number of pyridine rings is 1. The highest BCUT2D eigenvalue weighted by Gasteiger charge is 2.39. The number of hydrogen-bond acceptors (Lipinski definition) is 7. The Morgan fingerprint density at radius 2 is 1.83 bits per heavy atom. The Morgan fingerprint density at radius 1 is 0.971 bits per heavy atom. The van der Waals surface area contributed by atoms with Crippen molar-refractivity contribution in [3.05, 3.63) is 78.6 Å². The molecule has 35 heavy (non-hydrogen) atoms. The van der Waals surface area contributed by atoms with Crippen molar-refractivity contribution in [3.8, 4) is 11.5 Å². The highest BCUT2D eigenvalue weighted by Crippen LogP contribution is 2.39. The molecule has 0 amide bonds. The van der Waals surface area contributed by atoms with Gasteiger partial charge in [-0.05, 0) is 67.8 Å². The number of carbonyl (C=O) groups excluding carboxylic acids is 1. The van der Waals surface area contributed by atoms with Gasteiger partial charge in [0.25, 0.3) is 0 Å². The second-order valence-electron chi connectivity index (χ2n) is 8.72. The number of ether oxygens (including phenoxy) is 1. The number of carbonyl (C=O) groups is 1. The molecule has 2 aromatic carbocycles. The van der Waals surface area contributed by atoms with Crippen LogP contribution in [-0.2, 0) is 14.9 Å². The molecule has 0 N–H and O–H groups in total. The van der Waals surface area contributed by atoms with Crippen LogP contribution in [0.3, 0.4) is 0 Å². The molecule has 4 heterocycles. The van der Waals surface area contributed by atoms with E-state index in [0.29, 0.717) is 24.7 Å². The van der Waals surface area contributed by atoms with Crippen LogP contribution in [0.15, 0.2) is 82.8 Å². The Kier molecular flexibility index (Phi) is 5.54. The summed E-state index contributed by atoms with van der Waals surface area (Å²) in [7, 11) is 0. The van der Waals surface area contributed by atoms with E-state index in [1.807, 2.05) is 34.7 Å². The Balaban J connectivity index is 1.36. The van der Waals surface area contributed by atoms with Gasteiger partial charge in [0.05, 0.1) is 22.6 Å². The van der Waals surface area contributed by atoms with Crippen LogP contribution >= 0.6 is 11.8 Å².